The molecule has 0 N–H and O–H groups in total. The van der Waals surface area contributed by atoms with Crippen LogP contribution in [0.2, 0.25) is 0 Å². The quantitative estimate of drug-likeness (QED) is 0.377. The van der Waals surface area contributed by atoms with Gasteiger partial charge in [0, 0.05) is 27.5 Å². The molecule has 0 aliphatic carbocycles. The minimum Gasteiger partial charge on any atom is -0.672 e. The average Bonchev–Trinajstić information content (AvgIpc) is 1.54. The summed E-state index contributed by atoms with van der Waals surface area (Å²) in [7, 11) is -10.9. The van der Waals surface area contributed by atoms with Crippen molar-refractivity contribution in [1.29, 1.82) is 0 Å². The summed E-state index contributed by atoms with van der Waals surface area (Å²) in [6.07, 6.45) is 0. The Hall–Kier alpha value is 0.825. The van der Waals surface area contributed by atoms with Gasteiger partial charge in [-0.15, -0.1) is 0 Å². The summed E-state index contributed by atoms with van der Waals surface area (Å²) in [6, 6.07) is 0. The first-order chi connectivity index (χ1) is 5.20. The van der Waals surface area contributed by atoms with Crippen molar-refractivity contribution >= 4 is 27.5 Å². The predicted molar refractivity (Wildman–Crippen MR) is 19.3 cm³/mol. The van der Waals surface area contributed by atoms with Gasteiger partial charge >= 0.3 is 58.6 Å². The average molecular weight is 362 g/mol. The molecule has 0 saturated carbocycles. The Labute approximate surface area is 127 Å². The minimum absolute atomic E-state index is 0. The molecule has 0 heterocycles. The van der Waals surface area contributed by atoms with Gasteiger partial charge in [-0.05, 0) is 0 Å². The van der Waals surface area contributed by atoms with Crippen LogP contribution < -0.4 is 28.8 Å². The van der Waals surface area contributed by atoms with Crippen LogP contribution in [0.15, 0.2) is 0 Å². The van der Waals surface area contributed by atoms with Gasteiger partial charge in [-0.2, -0.15) is 0 Å². The summed E-state index contributed by atoms with van der Waals surface area (Å²) >= 11 is 0. The molecule has 0 radical (unpaired) electrons. The third-order valence-corrected chi connectivity index (χ3v) is 0. The third-order valence-electron chi connectivity index (χ3n) is 0. The maximum Gasteiger partial charge on any atom is 3.00 e. The minimum atomic E-state index is -3.63. The molecule has 14 heavy (non-hydrogen) atoms. The summed E-state index contributed by atoms with van der Waals surface area (Å²) in [5.74, 6) is 0. The molecule has 0 saturated heterocycles. The molecule has 0 bridgehead atoms. The Kier molecular flexibility index (Phi) is 49.4. The molecule has 0 spiro atoms. The maximum atomic E-state index is 8.52. The molecule has 0 amide bonds. The fraction of sp³-hybridized carbons (Fsp3) is 0. The second-order valence-electron chi connectivity index (χ2n) is 0.750. The van der Waals surface area contributed by atoms with Gasteiger partial charge in [0.05, 0.1) is 0 Å². The fourth-order valence-corrected chi connectivity index (χ4v) is 0. The molecule has 0 fully saturated rings. The van der Waals surface area contributed by atoms with Crippen molar-refractivity contribution in [1.82, 2.24) is 0 Å². The van der Waals surface area contributed by atoms with Crippen LogP contribution in [0.4, 0.5) is 0 Å². The molecule has 14 heteroatoms. The van der Waals surface area contributed by atoms with Crippen molar-refractivity contribution in [3.63, 3.8) is 0 Å². The van der Waals surface area contributed by atoms with E-state index in [0.29, 0.717) is 0 Å². The van der Waals surface area contributed by atoms with E-state index in [4.69, 9.17) is 42.2 Å². The van der Waals surface area contributed by atoms with Gasteiger partial charge in [-0.3, -0.25) is 0 Å². The van der Waals surface area contributed by atoms with Crippen molar-refractivity contribution in [3.8, 4) is 0 Å². The van der Waals surface area contributed by atoms with E-state index in [2.05, 4.69) is 0 Å². The molecule has 72 valence electrons. The second-order valence-corrected chi connectivity index (χ2v) is 2.25. The summed E-state index contributed by atoms with van der Waals surface area (Å²) in [5.41, 5.74) is 0. The van der Waals surface area contributed by atoms with Crippen LogP contribution in [0, 0.1) is 0 Å². The van der Waals surface area contributed by atoms with Crippen molar-refractivity contribution in [2.24, 2.45) is 0 Å². The smallest absolute Gasteiger partial charge is 0.672 e. The molecule has 9 nitrogen and oxygen atoms in total. The van der Waals surface area contributed by atoms with E-state index in [1.54, 1.807) is 0 Å². The summed E-state index contributed by atoms with van der Waals surface area (Å²) in [6.45, 7) is 0. The number of rotatable bonds is 0. The summed E-state index contributed by atoms with van der Waals surface area (Å²) in [5, 5.41) is 0. The second kappa shape index (κ2) is 23.6. The van der Waals surface area contributed by atoms with E-state index in [0.717, 1.165) is 0 Å². The van der Waals surface area contributed by atoms with Gasteiger partial charge in [0.25, 0.3) is 0 Å². The van der Waals surface area contributed by atoms with Crippen LogP contribution >= 0.6 is 0 Å². The van der Waals surface area contributed by atoms with Gasteiger partial charge in [0.2, 0.25) is 0 Å². The Morgan fingerprint density at radius 2 is 0.571 bits per heavy atom. The van der Waals surface area contributed by atoms with E-state index >= 15 is 0 Å². The molecule has 0 aromatic carbocycles. The van der Waals surface area contributed by atoms with Crippen LogP contribution in [0.25, 0.3) is 0 Å². The van der Waals surface area contributed by atoms with Crippen molar-refractivity contribution in [2.45, 2.75) is 0 Å². The van der Waals surface area contributed by atoms with Gasteiger partial charge in [-0.1, -0.05) is 0 Å². The van der Waals surface area contributed by atoms with Crippen LogP contribution in [-0.2, 0) is 71.9 Å². The van der Waals surface area contributed by atoms with Crippen molar-refractivity contribution in [3.05, 3.63) is 0 Å². The standard InChI is InChI=1S/3O3Si.Sc.Y/c3*1-4(2)3;;/q3*-2;2*+3. The predicted octanol–water partition coefficient (Wildman–Crippen LogP) is -8.64. The molecule has 0 atom stereocenters. The monoisotopic (exact) mass is 362 g/mol. The molecule has 0 aromatic heterocycles. The molecule has 0 aromatic rings. The first-order valence-corrected chi connectivity index (χ1v) is 5.51. The van der Waals surface area contributed by atoms with Gasteiger partial charge in [0.1, 0.15) is 0 Å². The topological polar surface area (TPSA) is 190 Å². The Morgan fingerprint density at radius 3 is 0.571 bits per heavy atom. The van der Waals surface area contributed by atoms with E-state index in [9.17, 15) is 0 Å². The van der Waals surface area contributed by atoms with Crippen molar-refractivity contribution < 1.29 is 101 Å². The van der Waals surface area contributed by atoms with Gasteiger partial charge in [0.15, 0.2) is 0 Å². The van der Waals surface area contributed by atoms with E-state index in [1.807, 2.05) is 0 Å². The van der Waals surface area contributed by atoms with Gasteiger partial charge in [-0.25, -0.2) is 0 Å². The SMILES string of the molecule is O=[Si]([O-])[O-].O=[Si]([O-])[O-].O=[Si]([O-])[O-].[Sc+3].[Y+3]. The summed E-state index contributed by atoms with van der Waals surface area (Å²) in [4.78, 5) is 51.1. The summed E-state index contributed by atoms with van der Waals surface area (Å²) < 4.78 is 25.6. The maximum absolute atomic E-state index is 8.52. The zero-order valence-corrected chi connectivity index (χ0v) is 14.0. The van der Waals surface area contributed by atoms with Crippen LogP contribution in [-0.4, -0.2) is 27.5 Å². The first kappa shape index (κ1) is 29.4. The fourth-order valence-electron chi connectivity index (χ4n) is 0. The Morgan fingerprint density at radius 1 is 0.571 bits per heavy atom. The zero-order chi connectivity index (χ0) is 10.7. The van der Waals surface area contributed by atoms with Crippen molar-refractivity contribution in [2.75, 3.05) is 0 Å². The number of hydrogen-bond acceptors (Lipinski definition) is 9. The molecular weight excluding hydrogens is 362 g/mol. The van der Waals surface area contributed by atoms with E-state index in [-0.39, 0.29) is 58.6 Å². The van der Waals surface area contributed by atoms with Gasteiger partial charge < -0.3 is 42.2 Å². The Bertz CT molecular complexity index is 118. The Balaban J connectivity index is -0.0000000270. The normalized spacial score (nSPS) is 5.14. The van der Waals surface area contributed by atoms with Crippen LogP contribution in [0.1, 0.15) is 0 Å². The third kappa shape index (κ3) is 2640. The van der Waals surface area contributed by atoms with E-state index in [1.165, 1.54) is 0 Å². The molecule has 0 aliphatic rings. The molecular formula is O9ScSi3Y. The molecule has 0 rings (SSSR count). The number of hydrogen-bond donors (Lipinski definition) is 0. The molecule has 0 unspecified atom stereocenters. The van der Waals surface area contributed by atoms with Crippen LogP contribution in [0.3, 0.4) is 0 Å². The largest absolute Gasteiger partial charge is 3.00 e. The van der Waals surface area contributed by atoms with E-state index < -0.39 is 27.5 Å². The van der Waals surface area contributed by atoms with Crippen LogP contribution in [0.5, 0.6) is 0 Å². The zero-order valence-electron chi connectivity index (χ0n) is 6.33. The first-order valence-electron chi connectivity index (χ1n) is 1.84. The molecule has 0 aliphatic heterocycles.